The van der Waals surface area contributed by atoms with Gasteiger partial charge in [-0.05, 0) is 32.8 Å². The van der Waals surface area contributed by atoms with Gasteiger partial charge in [-0.25, -0.2) is 0 Å². The number of unbranched alkanes of at least 4 members (excludes halogenated alkanes) is 1. The highest BCUT2D eigenvalue weighted by Gasteiger charge is 2.15. The summed E-state index contributed by atoms with van der Waals surface area (Å²) in [6.45, 7) is 5.91. The largest absolute Gasteiger partial charge is 0.507 e. The second-order valence-electron chi connectivity index (χ2n) is 5.90. The zero-order valence-electron chi connectivity index (χ0n) is 14.0. The number of hydrogen-bond acceptors (Lipinski definition) is 4. The number of allylic oxidation sites excluding steroid dienone is 2. The van der Waals surface area contributed by atoms with Gasteiger partial charge in [-0.3, -0.25) is 4.79 Å². The van der Waals surface area contributed by atoms with Crippen LogP contribution in [0.2, 0.25) is 0 Å². The van der Waals surface area contributed by atoms with Crippen LogP contribution in [0.1, 0.15) is 61.5 Å². The molecule has 0 aliphatic heterocycles. The average Bonchev–Trinajstić information content (AvgIpc) is 2.51. The molecule has 0 aliphatic rings. The van der Waals surface area contributed by atoms with Crippen LogP contribution in [0.15, 0.2) is 23.8 Å². The predicted molar refractivity (Wildman–Crippen MR) is 92.9 cm³/mol. The van der Waals surface area contributed by atoms with Gasteiger partial charge in [-0.2, -0.15) is 0 Å². The average molecular weight is 318 g/mol. The topological polar surface area (TPSA) is 77.8 Å². The Balaban J connectivity index is 3.14. The molecular formula is C19H26O4. The normalized spacial score (nSPS) is 12.3. The van der Waals surface area contributed by atoms with Crippen LogP contribution in [-0.2, 0) is 6.42 Å². The number of aromatic hydroxyl groups is 2. The van der Waals surface area contributed by atoms with E-state index in [0.717, 1.165) is 18.4 Å². The van der Waals surface area contributed by atoms with Crippen LogP contribution in [0.5, 0.6) is 11.5 Å². The molecule has 0 saturated heterocycles. The number of hydrogen-bond donors (Lipinski definition) is 3. The minimum Gasteiger partial charge on any atom is -0.507 e. The summed E-state index contributed by atoms with van der Waals surface area (Å²) in [5, 5.41) is 30.2. The first-order valence-corrected chi connectivity index (χ1v) is 7.93. The number of aliphatic hydroxyl groups excluding tert-OH is 1. The Morgan fingerprint density at radius 3 is 2.52 bits per heavy atom. The molecule has 4 heteroatoms. The molecule has 0 amide bonds. The van der Waals surface area contributed by atoms with E-state index in [2.05, 4.69) is 0 Å². The second-order valence-corrected chi connectivity index (χ2v) is 5.90. The summed E-state index contributed by atoms with van der Waals surface area (Å²) in [7, 11) is 0. The summed E-state index contributed by atoms with van der Waals surface area (Å²) in [6.07, 6.45) is 7.76. The fraction of sp³-hybridized carbons (Fsp3) is 0.421. The van der Waals surface area contributed by atoms with E-state index in [-0.39, 0.29) is 22.6 Å². The molecule has 0 aliphatic carbocycles. The van der Waals surface area contributed by atoms with Crippen LogP contribution in [-0.4, -0.2) is 27.7 Å². The molecule has 0 radical (unpaired) electrons. The molecule has 0 aromatic heterocycles. The van der Waals surface area contributed by atoms with Gasteiger partial charge >= 0.3 is 0 Å². The van der Waals surface area contributed by atoms with Crippen molar-refractivity contribution in [3.63, 3.8) is 0 Å². The number of carbonyl (C=O) groups excluding carboxylic acids is 1. The molecule has 0 saturated carbocycles. The Hall–Kier alpha value is -2.07. The van der Waals surface area contributed by atoms with Crippen LogP contribution < -0.4 is 0 Å². The first-order chi connectivity index (χ1) is 10.9. The quantitative estimate of drug-likeness (QED) is 0.385. The summed E-state index contributed by atoms with van der Waals surface area (Å²) in [5.74, 6) is -0.209. The lowest BCUT2D eigenvalue weighted by Crippen LogP contribution is -2.01. The summed E-state index contributed by atoms with van der Waals surface area (Å²) in [6, 6.07) is 1.46. The molecule has 1 rings (SSSR count). The van der Waals surface area contributed by atoms with Crippen molar-refractivity contribution in [2.45, 2.75) is 52.6 Å². The van der Waals surface area contributed by atoms with Gasteiger partial charge in [0.05, 0.1) is 11.7 Å². The highest BCUT2D eigenvalue weighted by Crippen LogP contribution is 2.33. The third kappa shape index (κ3) is 5.57. The molecule has 1 unspecified atom stereocenters. The van der Waals surface area contributed by atoms with Crippen LogP contribution in [0.25, 0.3) is 6.08 Å². The lowest BCUT2D eigenvalue weighted by molar-refractivity contribution is 0.112. The Bertz CT molecular complexity index is 596. The van der Waals surface area contributed by atoms with E-state index in [0.29, 0.717) is 24.7 Å². The molecule has 0 spiro atoms. The first-order valence-electron chi connectivity index (χ1n) is 7.93. The van der Waals surface area contributed by atoms with Gasteiger partial charge in [-0.1, -0.05) is 43.6 Å². The zero-order chi connectivity index (χ0) is 17.4. The fourth-order valence-corrected chi connectivity index (χ4v) is 2.23. The molecule has 0 bridgehead atoms. The molecule has 1 aromatic carbocycles. The Labute approximate surface area is 137 Å². The number of rotatable bonds is 8. The van der Waals surface area contributed by atoms with Gasteiger partial charge in [-0.15, -0.1) is 0 Å². The first kappa shape index (κ1) is 19.0. The number of benzene rings is 1. The van der Waals surface area contributed by atoms with Crippen molar-refractivity contribution in [1.82, 2.24) is 0 Å². The van der Waals surface area contributed by atoms with E-state index in [1.807, 2.05) is 26.8 Å². The lowest BCUT2D eigenvalue weighted by atomic mass is 9.98. The van der Waals surface area contributed by atoms with Crippen LogP contribution in [0, 0.1) is 0 Å². The van der Waals surface area contributed by atoms with Gasteiger partial charge in [0, 0.05) is 11.1 Å². The maximum absolute atomic E-state index is 11.3. The standard InChI is InChI=1S/C19H26O4/c1-4-5-6-15(21)9-10-16-17(12-20)19(23)14(11-18(16)22)8-7-13(2)3/h7,9-12,15,21-23H,4-6,8H2,1-3H3. The van der Waals surface area contributed by atoms with Crippen molar-refractivity contribution in [2.24, 2.45) is 0 Å². The third-order valence-corrected chi connectivity index (χ3v) is 3.62. The monoisotopic (exact) mass is 318 g/mol. The van der Waals surface area contributed by atoms with Crippen molar-refractivity contribution in [3.8, 4) is 11.5 Å². The number of aldehydes is 1. The Morgan fingerprint density at radius 1 is 1.26 bits per heavy atom. The van der Waals surface area contributed by atoms with E-state index in [1.165, 1.54) is 18.2 Å². The van der Waals surface area contributed by atoms with Crippen LogP contribution in [0.4, 0.5) is 0 Å². The minimum absolute atomic E-state index is 0.0427. The van der Waals surface area contributed by atoms with Gasteiger partial charge in [0.2, 0.25) is 0 Å². The summed E-state index contributed by atoms with van der Waals surface area (Å²) in [5.41, 5.74) is 1.85. The Kier molecular flexibility index (Phi) is 7.55. The van der Waals surface area contributed by atoms with E-state index in [1.54, 1.807) is 0 Å². The van der Waals surface area contributed by atoms with Crippen molar-refractivity contribution in [2.75, 3.05) is 0 Å². The molecule has 23 heavy (non-hydrogen) atoms. The molecular weight excluding hydrogens is 292 g/mol. The Morgan fingerprint density at radius 2 is 1.96 bits per heavy atom. The molecule has 0 fully saturated rings. The van der Waals surface area contributed by atoms with Crippen molar-refractivity contribution in [1.29, 1.82) is 0 Å². The molecule has 0 heterocycles. The second kappa shape index (κ2) is 9.16. The number of carbonyl (C=O) groups is 1. The summed E-state index contributed by atoms with van der Waals surface area (Å²) in [4.78, 5) is 11.3. The summed E-state index contributed by atoms with van der Waals surface area (Å²) < 4.78 is 0. The molecule has 126 valence electrons. The van der Waals surface area contributed by atoms with E-state index in [4.69, 9.17) is 0 Å². The van der Waals surface area contributed by atoms with E-state index in [9.17, 15) is 20.1 Å². The van der Waals surface area contributed by atoms with Crippen molar-refractivity contribution >= 4 is 12.4 Å². The van der Waals surface area contributed by atoms with Gasteiger partial charge in [0.15, 0.2) is 6.29 Å². The molecule has 1 aromatic rings. The maximum atomic E-state index is 11.3. The van der Waals surface area contributed by atoms with Gasteiger partial charge in [0.25, 0.3) is 0 Å². The molecule has 1 atom stereocenters. The fourth-order valence-electron chi connectivity index (χ4n) is 2.23. The number of phenols is 2. The molecule has 4 nitrogen and oxygen atoms in total. The predicted octanol–water partition coefficient (Wildman–Crippen LogP) is 3.98. The van der Waals surface area contributed by atoms with Gasteiger partial charge in [0.1, 0.15) is 11.5 Å². The van der Waals surface area contributed by atoms with Crippen LogP contribution >= 0.6 is 0 Å². The highest BCUT2D eigenvalue weighted by molar-refractivity contribution is 5.88. The van der Waals surface area contributed by atoms with Gasteiger partial charge < -0.3 is 15.3 Å². The van der Waals surface area contributed by atoms with Crippen molar-refractivity contribution in [3.05, 3.63) is 40.5 Å². The van der Waals surface area contributed by atoms with Crippen LogP contribution in [0.3, 0.4) is 0 Å². The number of aliphatic hydroxyl groups is 1. The SMILES string of the molecule is CCCCC(O)C=Cc1c(O)cc(CC=C(C)C)c(O)c1C=O. The smallest absolute Gasteiger partial charge is 0.154 e. The minimum atomic E-state index is -0.638. The zero-order valence-corrected chi connectivity index (χ0v) is 14.0. The van der Waals surface area contributed by atoms with E-state index >= 15 is 0 Å². The highest BCUT2D eigenvalue weighted by atomic mass is 16.3. The third-order valence-electron chi connectivity index (χ3n) is 3.62. The maximum Gasteiger partial charge on any atom is 0.154 e. The van der Waals surface area contributed by atoms with Crippen molar-refractivity contribution < 1.29 is 20.1 Å². The van der Waals surface area contributed by atoms with E-state index < -0.39 is 6.10 Å². The molecule has 3 N–H and O–H groups in total. The number of phenolic OH excluding ortho intramolecular Hbond substituents is 2. The summed E-state index contributed by atoms with van der Waals surface area (Å²) >= 11 is 0. The lowest BCUT2D eigenvalue weighted by Gasteiger charge is -2.11.